The first-order valence-electron chi connectivity index (χ1n) is 11.7. The van der Waals surface area contributed by atoms with Crippen molar-refractivity contribution in [2.45, 2.75) is 84.0 Å². The molecule has 0 fully saturated rings. The molecular weight excluding hydrogens is 354 g/mol. The van der Waals surface area contributed by atoms with Gasteiger partial charge in [-0.3, -0.25) is 4.48 Å². The summed E-state index contributed by atoms with van der Waals surface area (Å²) in [5.74, 6) is 0. The van der Waals surface area contributed by atoms with E-state index in [2.05, 4.69) is 74.6 Å². The van der Waals surface area contributed by atoms with Crippen LogP contribution in [-0.2, 0) is 0 Å². The van der Waals surface area contributed by atoms with Crippen LogP contribution in [0.4, 0.5) is 11.4 Å². The van der Waals surface area contributed by atoms with Gasteiger partial charge in [-0.05, 0) is 37.1 Å². The van der Waals surface area contributed by atoms with E-state index < -0.39 is 0 Å². The average Bonchev–Trinajstić information content (AvgIpc) is 2.75. The van der Waals surface area contributed by atoms with Crippen LogP contribution < -0.4 is 4.48 Å². The quantitative estimate of drug-likeness (QED) is 0.219. The van der Waals surface area contributed by atoms with Crippen molar-refractivity contribution in [1.29, 1.82) is 0 Å². The van der Waals surface area contributed by atoms with Gasteiger partial charge in [0.15, 0.2) is 0 Å². The molecule has 0 bridgehead atoms. The summed E-state index contributed by atoms with van der Waals surface area (Å²) in [4.78, 5) is 0. The molecule has 2 aromatic carbocycles. The van der Waals surface area contributed by atoms with Gasteiger partial charge in [-0.25, -0.2) is 0 Å². The topological polar surface area (TPSA) is 30.0 Å². The van der Waals surface area contributed by atoms with Crippen molar-refractivity contribution >= 4 is 11.4 Å². The normalized spacial score (nSPS) is 11.2. The van der Waals surface area contributed by atoms with Gasteiger partial charge >= 0.3 is 0 Å². The fourth-order valence-electron chi connectivity index (χ4n) is 4.19. The molecule has 0 saturated heterocycles. The van der Waals surface area contributed by atoms with Crippen molar-refractivity contribution < 1.29 is 5.48 Å². The summed E-state index contributed by atoms with van der Waals surface area (Å²) in [5, 5.41) is 0. The maximum absolute atomic E-state index is 2.36. The third-order valence-corrected chi connectivity index (χ3v) is 6.11. The van der Waals surface area contributed by atoms with Gasteiger partial charge in [0.05, 0.1) is 13.6 Å². The van der Waals surface area contributed by atoms with Gasteiger partial charge in [-0.15, -0.1) is 0 Å². The summed E-state index contributed by atoms with van der Waals surface area (Å²) in [7, 11) is 2.36. The molecule has 0 saturated carbocycles. The third-order valence-electron chi connectivity index (χ3n) is 6.11. The second kappa shape index (κ2) is 15.2. The van der Waals surface area contributed by atoms with Gasteiger partial charge < -0.3 is 5.48 Å². The number of quaternary nitrogens is 1. The lowest BCUT2D eigenvalue weighted by molar-refractivity contribution is 0.429. The molecule has 2 heteroatoms. The van der Waals surface area contributed by atoms with Gasteiger partial charge in [-0.1, -0.05) is 108 Å². The highest BCUT2D eigenvalue weighted by atomic mass is 16.0. The minimum Gasteiger partial charge on any atom is -0.870 e. The second-order valence-corrected chi connectivity index (χ2v) is 8.48. The Balaban J connectivity index is 0.00000420. The Morgan fingerprint density at radius 1 is 0.517 bits per heavy atom. The van der Waals surface area contributed by atoms with E-state index in [1.807, 2.05) is 0 Å². The van der Waals surface area contributed by atoms with Gasteiger partial charge in [0.1, 0.15) is 11.4 Å². The number of nitrogens with zero attached hydrogens (tertiary/aromatic N) is 1. The zero-order valence-electron chi connectivity index (χ0n) is 18.9. The van der Waals surface area contributed by atoms with Crippen molar-refractivity contribution in [3.63, 3.8) is 0 Å². The molecule has 0 atom stereocenters. The summed E-state index contributed by atoms with van der Waals surface area (Å²) >= 11 is 0. The molecule has 0 heterocycles. The van der Waals surface area contributed by atoms with Crippen LogP contribution >= 0.6 is 0 Å². The van der Waals surface area contributed by atoms with Crippen LogP contribution in [0, 0.1) is 0 Å². The summed E-state index contributed by atoms with van der Waals surface area (Å²) in [6, 6.07) is 22.0. The Labute approximate surface area is 179 Å². The fourth-order valence-corrected chi connectivity index (χ4v) is 4.19. The summed E-state index contributed by atoms with van der Waals surface area (Å²) in [6.45, 7) is 3.46. The highest BCUT2D eigenvalue weighted by molar-refractivity contribution is 5.57. The zero-order valence-corrected chi connectivity index (χ0v) is 18.9. The predicted molar refractivity (Wildman–Crippen MR) is 128 cm³/mol. The molecule has 2 nitrogen and oxygen atoms in total. The molecule has 0 aliphatic carbocycles. The Kier molecular flexibility index (Phi) is 13.3. The number of unbranched alkanes of at least 4 members (excludes halogenated alkanes) is 11. The molecule has 0 aliphatic rings. The highest BCUT2D eigenvalue weighted by Crippen LogP contribution is 2.32. The van der Waals surface area contributed by atoms with Crippen LogP contribution in [0.25, 0.3) is 0 Å². The molecule has 2 rings (SSSR count). The van der Waals surface area contributed by atoms with Crippen LogP contribution in [0.3, 0.4) is 0 Å². The minimum atomic E-state index is 0. The van der Waals surface area contributed by atoms with E-state index in [9.17, 15) is 0 Å². The SMILES string of the molecule is CCCCCCCCCCCCCC[N+](C)(c1ccccc1)c1ccccc1.[OH-]. The van der Waals surface area contributed by atoms with E-state index in [4.69, 9.17) is 0 Å². The van der Waals surface area contributed by atoms with Crippen LogP contribution in [0.5, 0.6) is 0 Å². The van der Waals surface area contributed by atoms with Crippen LogP contribution in [-0.4, -0.2) is 19.1 Å². The lowest BCUT2D eigenvalue weighted by Gasteiger charge is -2.33. The van der Waals surface area contributed by atoms with E-state index >= 15 is 0 Å². The molecule has 0 unspecified atom stereocenters. The first kappa shape index (κ1) is 25.4. The first-order chi connectivity index (χ1) is 13.8. The molecule has 0 spiro atoms. The maximum Gasteiger partial charge on any atom is 0.137 e. The lowest BCUT2D eigenvalue weighted by Crippen LogP contribution is -2.40. The fraction of sp³-hybridized carbons (Fsp3) is 0.556. The largest absolute Gasteiger partial charge is 0.870 e. The van der Waals surface area contributed by atoms with E-state index in [0.717, 1.165) is 4.48 Å². The van der Waals surface area contributed by atoms with Crippen molar-refractivity contribution in [3.8, 4) is 0 Å². The number of hydrogen-bond acceptors (Lipinski definition) is 1. The molecule has 1 N–H and O–H groups in total. The van der Waals surface area contributed by atoms with Gasteiger partial charge in [0.25, 0.3) is 0 Å². The summed E-state index contributed by atoms with van der Waals surface area (Å²) < 4.78 is 0.902. The van der Waals surface area contributed by atoms with Crippen LogP contribution in [0.2, 0.25) is 0 Å². The van der Waals surface area contributed by atoms with Crippen LogP contribution in [0.15, 0.2) is 60.7 Å². The Bertz CT molecular complexity index is 571. The Morgan fingerprint density at radius 3 is 1.24 bits per heavy atom. The zero-order chi connectivity index (χ0) is 19.9. The highest BCUT2D eigenvalue weighted by Gasteiger charge is 2.27. The van der Waals surface area contributed by atoms with Crippen molar-refractivity contribution in [2.24, 2.45) is 0 Å². The molecule has 0 radical (unpaired) electrons. The van der Waals surface area contributed by atoms with Gasteiger partial charge in [0.2, 0.25) is 0 Å². The minimum absolute atomic E-state index is 0. The monoisotopic (exact) mass is 397 g/mol. The molecule has 0 amide bonds. The lowest BCUT2D eigenvalue weighted by atomic mass is 10.0. The van der Waals surface area contributed by atoms with Gasteiger partial charge in [-0.2, -0.15) is 0 Å². The molecule has 29 heavy (non-hydrogen) atoms. The summed E-state index contributed by atoms with van der Waals surface area (Å²) in [5.41, 5.74) is 2.77. The van der Waals surface area contributed by atoms with E-state index in [1.165, 1.54) is 95.0 Å². The standard InChI is InChI=1S/C27H42N.H2O/c1-3-4-5-6-7-8-9-10-11-12-13-20-25-28(2,26-21-16-14-17-22-26)27-23-18-15-19-24-27;/h14-19,21-24H,3-13,20,25H2,1-2H3;1H2/q+1;/p-1. The number of benzene rings is 2. The van der Waals surface area contributed by atoms with Gasteiger partial charge in [0, 0.05) is 0 Å². The molecule has 162 valence electrons. The number of hydrogen-bond donors (Lipinski definition) is 0. The number of rotatable bonds is 15. The Hall–Kier alpha value is -1.64. The van der Waals surface area contributed by atoms with Crippen molar-refractivity contribution in [1.82, 2.24) is 4.48 Å². The van der Waals surface area contributed by atoms with E-state index in [1.54, 1.807) is 0 Å². The molecular formula is C27H43NO. The van der Waals surface area contributed by atoms with Crippen molar-refractivity contribution in [3.05, 3.63) is 60.7 Å². The smallest absolute Gasteiger partial charge is 0.137 e. The summed E-state index contributed by atoms with van der Waals surface area (Å²) in [6.07, 6.45) is 16.9. The van der Waals surface area contributed by atoms with Crippen molar-refractivity contribution in [2.75, 3.05) is 13.6 Å². The van der Waals surface area contributed by atoms with Crippen LogP contribution in [0.1, 0.15) is 84.0 Å². The Morgan fingerprint density at radius 2 is 0.862 bits per heavy atom. The molecule has 2 aromatic rings. The molecule has 0 aromatic heterocycles. The first-order valence-corrected chi connectivity index (χ1v) is 11.7. The number of para-hydroxylation sites is 2. The average molecular weight is 398 g/mol. The third kappa shape index (κ3) is 9.14. The molecule has 0 aliphatic heterocycles. The van der Waals surface area contributed by atoms with E-state index in [-0.39, 0.29) is 5.48 Å². The second-order valence-electron chi connectivity index (χ2n) is 8.48. The van der Waals surface area contributed by atoms with E-state index in [0.29, 0.717) is 0 Å². The maximum atomic E-state index is 2.36. The predicted octanol–water partition coefficient (Wildman–Crippen LogP) is 8.48.